The Hall–Kier alpha value is -2.33. The molecule has 0 saturated carbocycles. The molecular weight excluding hydrogens is 228 g/mol. The Labute approximate surface area is 105 Å². The quantitative estimate of drug-likeness (QED) is 0.557. The second-order valence-corrected chi connectivity index (χ2v) is 3.87. The molecule has 0 bridgehead atoms. The van der Waals surface area contributed by atoms with Crippen LogP contribution in [0.25, 0.3) is 0 Å². The second-order valence-electron chi connectivity index (χ2n) is 3.87. The first-order valence-corrected chi connectivity index (χ1v) is 5.60. The van der Waals surface area contributed by atoms with E-state index in [0.717, 1.165) is 17.5 Å². The van der Waals surface area contributed by atoms with E-state index in [1.54, 1.807) is 18.2 Å². The summed E-state index contributed by atoms with van der Waals surface area (Å²) in [6.07, 6.45) is 0.738. The van der Waals surface area contributed by atoms with Crippen molar-refractivity contribution in [3.8, 4) is 0 Å². The lowest BCUT2D eigenvalue weighted by atomic mass is 10.1. The number of benzene rings is 2. The van der Waals surface area contributed by atoms with Crippen LogP contribution in [0.2, 0.25) is 0 Å². The van der Waals surface area contributed by atoms with Gasteiger partial charge in [-0.15, -0.1) is 0 Å². The van der Waals surface area contributed by atoms with Crippen LogP contribution in [0.3, 0.4) is 0 Å². The molecule has 0 amide bonds. The number of hydrogen-bond donors (Lipinski definition) is 3. The van der Waals surface area contributed by atoms with Gasteiger partial charge in [-0.3, -0.25) is 15.5 Å². The summed E-state index contributed by atoms with van der Waals surface area (Å²) in [6, 6.07) is 15.0. The van der Waals surface area contributed by atoms with Crippen LogP contribution in [0.1, 0.15) is 15.9 Å². The minimum Gasteiger partial charge on any atom is -0.379 e. The van der Waals surface area contributed by atoms with Gasteiger partial charge in [0, 0.05) is 12.1 Å². The van der Waals surface area contributed by atoms with Gasteiger partial charge in [-0.2, -0.15) is 0 Å². The molecule has 4 nitrogen and oxygen atoms in total. The third-order valence-electron chi connectivity index (χ3n) is 2.63. The second kappa shape index (κ2) is 5.84. The van der Waals surface area contributed by atoms with E-state index in [9.17, 15) is 4.79 Å². The van der Waals surface area contributed by atoms with Gasteiger partial charge in [-0.05, 0) is 23.8 Å². The molecule has 0 spiro atoms. The summed E-state index contributed by atoms with van der Waals surface area (Å²) in [5.41, 5.74) is 4.96. The van der Waals surface area contributed by atoms with Crippen LogP contribution in [0.15, 0.2) is 48.5 Å². The van der Waals surface area contributed by atoms with Gasteiger partial charge in [0.15, 0.2) is 0 Å². The van der Waals surface area contributed by atoms with Gasteiger partial charge in [-0.1, -0.05) is 30.3 Å². The highest BCUT2D eigenvalue weighted by atomic mass is 16.5. The zero-order valence-corrected chi connectivity index (χ0v) is 9.76. The van der Waals surface area contributed by atoms with Crippen LogP contribution in [-0.2, 0) is 6.54 Å². The van der Waals surface area contributed by atoms with Crippen molar-refractivity contribution < 1.29 is 10.0 Å². The van der Waals surface area contributed by atoms with E-state index < -0.39 is 0 Å². The highest BCUT2D eigenvalue weighted by Gasteiger charge is 2.02. The summed E-state index contributed by atoms with van der Waals surface area (Å²) in [7, 11) is 0. The Morgan fingerprint density at radius 3 is 2.50 bits per heavy atom. The maximum Gasteiger partial charge on any atom is 0.150 e. The van der Waals surface area contributed by atoms with Gasteiger partial charge >= 0.3 is 0 Å². The Morgan fingerprint density at radius 1 is 1.06 bits per heavy atom. The van der Waals surface area contributed by atoms with Crippen molar-refractivity contribution in [3.63, 3.8) is 0 Å². The van der Waals surface area contributed by atoms with Crippen LogP contribution >= 0.6 is 0 Å². The zero-order valence-electron chi connectivity index (χ0n) is 9.76. The van der Waals surface area contributed by atoms with Crippen molar-refractivity contribution in [2.45, 2.75) is 6.54 Å². The van der Waals surface area contributed by atoms with Gasteiger partial charge in [0.05, 0.1) is 11.4 Å². The molecule has 92 valence electrons. The van der Waals surface area contributed by atoms with Crippen LogP contribution in [0.5, 0.6) is 0 Å². The van der Waals surface area contributed by atoms with E-state index in [-0.39, 0.29) is 0 Å². The lowest BCUT2D eigenvalue weighted by Crippen LogP contribution is -2.03. The smallest absolute Gasteiger partial charge is 0.150 e. The maximum absolute atomic E-state index is 10.6. The van der Waals surface area contributed by atoms with Gasteiger partial charge in [-0.25, -0.2) is 0 Å². The Morgan fingerprint density at radius 2 is 1.83 bits per heavy atom. The normalized spacial score (nSPS) is 9.83. The molecule has 0 aromatic heterocycles. The number of rotatable bonds is 5. The van der Waals surface area contributed by atoms with Crippen LogP contribution in [-0.4, -0.2) is 11.5 Å². The minimum atomic E-state index is 0.482. The Bertz CT molecular complexity index is 527. The van der Waals surface area contributed by atoms with E-state index in [4.69, 9.17) is 5.21 Å². The highest BCUT2D eigenvalue weighted by molar-refractivity contribution is 5.81. The molecule has 2 rings (SSSR count). The lowest BCUT2D eigenvalue weighted by molar-refractivity contribution is 0.112. The van der Waals surface area contributed by atoms with Crippen molar-refractivity contribution in [2.24, 2.45) is 0 Å². The number of hydrogen-bond acceptors (Lipinski definition) is 4. The molecular formula is C14H14N2O2. The fourth-order valence-electron chi connectivity index (χ4n) is 1.67. The first-order valence-electron chi connectivity index (χ1n) is 5.60. The Balaban J connectivity index is 2.11. The van der Waals surface area contributed by atoms with Gasteiger partial charge in [0.1, 0.15) is 6.29 Å². The molecule has 2 aromatic rings. The van der Waals surface area contributed by atoms with Crippen molar-refractivity contribution in [1.82, 2.24) is 0 Å². The summed E-state index contributed by atoms with van der Waals surface area (Å²) < 4.78 is 0. The average Bonchev–Trinajstić information content (AvgIpc) is 2.46. The predicted octanol–water partition coefficient (Wildman–Crippen LogP) is 2.91. The molecule has 3 N–H and O–H groups in total. The number of aldehydes is 1. The molecule has 0 aliphatic rings. The van der Waals surface area contributed by atoms with Crippen molar-refractivity contribution >= 4 is 17.7 Å². The van der Waals surface area contributed by atoms with Crippen molar-refractivity contribution in [2.75, 3.05) is 10.8 Å². The monoisotopic (exact) mass is 242 g/mol. The number of anilines is 2. The molecule has 0 fully saturated rings. The first kappa shape index (κ1) is 12.1. The summed E-state index contributed by atoms with van der Waals surface area (Å²) in [5, 5.41) is 12.2. The van der Waals surface area contributed by atoms with Gasteiger partial charge in [0.2, 0.25) is 0 Å². The molecule has 0 heterocycles. The largest absolute Gasteiger partial charge is 0.379 e. The SMILES string of the molecule is O=Cc1ccc(NCc2ccccc2)c(NO)c1. The molecule has 2 aromatic carbocycles. The maximum atomic E-state index is 10.6. The summed E-state index contributed by atoms with van der Waals surface area (Å²) in [5.74, 6) is 0. The van der Waals surface area contributed by atoms with Crippen LogP contribution in [0, 0.1) is 0 Å². The number of carbonyl (C=O) groups excluding carboxylic acids is 1. The molecule has 4 heteroatoms. The van der Waals surface area contributed by atoms with E-state index in [1.165, 1.54) is 0 Å². The number of nitrogens with one attached hydrogen (secondary N) is 2. The van der Waals surface area contributed by atoms with Crippen LogP contribution in [0.4, 0.5) is 11.4 Å². The van der Waals surface area contributed by atoms with E-state index in [1.807, 2.05) is 30.3 Å². The molecule has 0 atom stereocenters. The molecule has 0 aliphatic carbocycles. The number of carbonyl (C=O) groups is 1. The van der Waals surface area contributed by atoms with Crippen LogP contribution < -0.4 is 10.8 Å². The molecule has 0 radical (unpaired) electrons. The molecule has 0 unspecified atom stereocenters. The van der Waals surface area contributed by atoms with E-state index in [2.05, 4.69) is 10.8 Å². The highest BCUT2D eigenvalue weighted by Crippen LogP contribution is 2.22. The van der Waals surface area contributed by atoms with Crippen molar-refractivity contribution in [1.29, 1.82) is 0 Å². The zero-order chi connectivity index (χ0) is 12.8. The first-order chi connectivity index (χ1) is 8.83. The third-order valence-corrected chi connectivity index (χ3v) is 2.63. The topological polar surface area (TPSA) is 61.4 Å². The van der Waals surface area contributed by atoms with Gasteiger partial charge < -0.3 is 5.32 Å². The molecule has 0 saturated heterocycles. The summed E-state index contributed by atoms with van der Waals surface area (Å²) in [6.45, 7) is 0.649. The summed E-state index contributed by atoms with van der Waals surface area (Å²) >= 11 is 0. The minimum absolute atomic E-state index is 0.482. The van der Waals surface area contributed by atoms with Gasteiger partial charge in [0.25, 0.3) is 0 Å². The Kier molecular flexibility index (Phi) is 3.94. The fraction of sp³-hybridized carbons (Fsp3) is 0.0714. The molecule has 0 aliphatic heterocycles. The third kappa shape index (κ3) is 2.87. The fourth-order valence-corrected chi connectivity index (χ4v) is 1.67. The summed E-state index contributed by atoms with van der Waals surface area (Å²) in [4.78, 5) is 10.6. The predicted molar refractivity (Wildman–Crippen MR) is 71.0 cm³/mol. The van der Waals surface area contributed by atoms with E-state index in [0.29, 0.717) is 17.8 Å². The lowest BCUT2D eigenvalue weighted by Gasteiger charge is -2.11. The van der Waals surface area contributed by atoms with Crippen molar-refractivity contribution in [3.05, 3.63) is 59.7 Å². The van der Waals surface area contributed by atoms with E-state index >= 15 is 0 Å². The average molecular weight is 242 g/mol. The molecule has 18 heavy (non-hydrogen) atoms. The standard InChI is InChI=1S/C14H14N2O2/c17-10-12-6-7-13(14(8-12)16-18)15-9-11-4-2-1-3-5-11/h1-8,10,15-16,18H,9H2.